The third-order valence-corrected chi connectivity index (χ3v) is 2.27. The van der Waals surface area contributed by atoms with E-state index in [1.165, 1.54) is 0 Å². The highest BCUT2D eigenvalue weighted by atomic mass is 16.6. The average Bonchev–Trinajstić information content (AvgIpc) is 2.15. The third-order valence-electron chi connectivity index (χ3n) is 2.27. The van der Waals surface area contributed by atoms with Gasteiger partial charge >= 0.3 is 7.32 Å². The molecule has 0 atom stereocenters. The first kappa shape index (κ1) is 10.9. The Morgan fingerprint density at radius 1 is 1.38 bits per heavy atom. The fourth-order valence-electron chi connectivity index (χ4n) is 1.45. The molecule has 0 bridgehead atoms. The SMILES string of the molecule is COC1CCN(COB(O)O)CC1. The summed E-state index contributed by atoms with van der Waals surface area (Å²) >= 11 is 0. The lowest BCUT2D eigenvalue weighted by Crippen LogP contribution is -2.39. The Balaban J connectivity index is 2.10. The van der Waals surface area contributed by atoms with Crippen molar-refractivity contribution in [2.75, 3.05) is 26.9 Å². The van der Waals surface area contributed by atoms with Gasteiger partial charge in [0.15, 0.2) is 0 Å². The molecule has 0 aromatic carbocycles. The lowest BCUT2D eigenvalue weighted by atomic mass is 10.1. The summed E-state index contributed by atoms with van der Waals surface area (Å²) in [5.74, 6) is 0. The van der Waals surface area contributed by atoms with E-state index in [0.717, 1.165) is 25.9 Å². The molecule has 1 aliphatic rings. The van der Waals surface area contributed by atoms with E-state index in [1.54, 1.807) is 7.11 Å². The van der Waals surface area contributed by atoms with Gasteiger partial charge < -0.3 is 19.4 Å². The van der Waals surface area contributed by atoms with E-state index in [4.69, 9.17) is 14.8 Å². The zero-order valence-corrected chi connectivity index (χ0v) is 7.85. The summed E-state index contributed by atoms with van der Waals surface area (Å²) in [7, 11) is 0.0500. The lowest BCUT2D eigenvalue weighted by molar-refractivity contribution is 0.00656. The first-order valence-electron chi connectivity index (χ1n) is 4.45. The number of hydrogen-bond acceptors (Lipinski definition) is 5. The molecule has 1 fully saturated rings. The van der Waals surface area contributed by atoms with Crippen molar-refractivity contribution in [1.29, 1.82) is 0 Å². The number of piperidine rings is 1. The third kappa shape index (κ3) is 4.06. The van der Waals surface area contributed by atoms with Gasteiger partial charge in [0.2, 0.25) is 0 Å². The van der Waals surface area contributed by atoms with Gasteiger partial charge in [-0.1, -0.05) is 0 Å². The molecule has 0 aromatic heterocycles. The Morgan fingerprint density at radius 3 is 2.46 bits per heavy atom. The molecule has 2 N–H and O–H groups in total. The van der Waals surface area contributed by atoms with Crippen LogP contribution in [0.2, 0.25) is 0 Å². The minimum absolute atomic E-state index is 0.272. The van der Waals surface area contributed by atoms with Crippen molar-refractivity contribution in [1.82, 2.24) is 4.90 Å². The Labute approximate surface area is 78.4 Å². The summed E-state index contributed by atoms with van der Waals surface area (Å²) in [6, 6.07) is 0. The highest BCUT2D eigenvalue weighted by Crippen LogP contribution is 2.12. The molecule has 6 heteroatoms. The molecule has 0 unspecified atom stereocenters. The highest BCUT2D eigenvalue weighted by molar-refractivity contribution is 6.32. The van der Waals surface area contributed by atoms with Crippen LogP contribution in [-0.4, -0.2) is 55.3 Å². The number of rotatable bonds is 4. The molecule has 0 aromatic rings. The molecular formula is C7H16BNO4. The monoisotopic (exact) mass is 189 g/mol. The number of hydrogen-bond donors (Lipinski definition) is 2. The summed E-state index contributed by atoms with van der Waals surface area (Å²) in [6.45, 7) is 2.03. The average molecular weight is 189 g/mol. The maximum atomic E-state index is 8.46. The van der Waals surface area contributed by atoms with E-state index >= 15 is 0 Å². The van der Waals surface area contributed by atoms with E-state index in [1.807, 2.05) is 4.90 Å². The minimum Gasteiger partial charge on any atom is -0.402 e. The van der Waals surface area contributed by atoms with Crippen molar-refractivity contribution in [3.8, 4) is 0 Å². The van der Waals surface area contributed by atoms with E-state index in [-0.39, 0.29) is 6.73 Å². The van der Waals surface area contributed by atoms with Gasteiger partial charge in [-0.3, -0.25) is 4.90 Å². The number of ether oxygens (including phenoxy) is 1. The van der Waals surface area contributed by atoms with Gasteiger partial charge in [0, 0.05) is 20.2 Å². The van der Waals surface area contributed by atoms with Crippen LogP contribution in [-0.2, 0) is 9.39 Å². The van der Waals surface area contributed by atoms with E-state index in [0.29, 0.717) is 6.10 Å². The molecule has 0 amide bonds. The second-order valence-electron chi connectivity index (χ2n) is 3.18. The molecule has 1 saturated heterocycles. The normalized spacial score (nSPS) is 20.5. The first-order valence-corrected chi connectivity index (χ1v) is 4.45. The predicted octanol–water partition coefficient (Wildman–Crippen LogP) is -0.959. The van der Waals surface area contributed by atoms with Gasteiger partial charge in [-0.2, -0.15) is 0 Å². The molecule has 1 heterocycles. The fourth-order valence-corrected chi connectivity index (χ4v) is 1.45. The summed E-state index contributed by atoms with van der Waals surface area (Å²) < 4.78 is 9.85. The van der Waals surface area contributed by atoms with Gasteiger partial charge in [0.1, 0.15) is 0 Å². The first-order chi connectivity index (χ1) is 6.22. The lowest BCUT2D eigenvalue weighted by Gasteiger charge is -2.30. The fraction of sp³-hybridized carbons (Fsp3) is 1.00. The van der Waals surface area contributed by atoms with Crippen molar-refractivity contribution in [3.63, 3.8) is 0 Å². The molecule has 0 aliphatic carbocycles. The van der Waals surface area contributed by atoms with Crippen molar-refractivity contribution in [2.45, 2.75) is 18.9 Å². The second kappa shape index (κ2) is 5.56. The Kier molecular flexibility index (Phi) is 4.68. The van der Waals surface area contributed by atoms with Crippen LogP contribution in [0.4, 0.5) is 0 Å². The van der Waals surface area contributed by atoms with Gasteiger partial charge in [-0.25, -0.2) is 0 Å². The zero-order chi connectivity index (χ0) is 9.68. The molecule has 5 nitrogen and oxygen atoms in total. The van der Waals surface area contributed by atoms with Crippen LogP contribution in [0, 0.1) is 0 Å². The van der Waals surface area contributed by atoms with E-state index in [9.17, 15) is 0 Å². The van der Waals surface area contributed by atoms with Crippen LogP contribution in [0.1, 0.15) is 12.8 Å². The Morgan fingerprint density at radius 2 is 2.00 bits per heavy atom. The summed E-state index contributed by atoms with van der Waals surface area (Å²) in [6.07, 6.45) is 2.29. The topological polar surface area (TPSA) is 62.2 Å². The van der Waals surface area contributed by atoms with Crippen molar-refractivity contribution >= 4 is 7.32 Å². The molecular weight excluding hydrogens is 173 g/mol. The van der Waals surface area contributed by atoms with E-state index in [2.05, 4.69) is 4.65 Å². The Hall–Kier alpha value is -0.135. The molecule has 0 spiro atoms. The Bertz CT molecular complexity index is 138. The van der Waals surface area contributed by atoms with Crippen LogP contribution in [0.3, 0.4) is 0 Å². The molecule has 76 valence electrons. The van der Waals surface area contributed by atoms with Crippen molar-refractivity contribution in [3.05, 3.63) is 0 Å². The summed E-state index contributed by atoms with van der Waals surface area (Å²) in [5.41, 5.74) is 0. The zero-order valence-electron chi connectivity index (χ0n) is 7.85. The molecule has 0 radical (unpaired) electrons. The van der Waals surface area contributed by atoms with Crippen LogP contribution >= 0.6 is 0 Å². The minimum atomic E-state index is -1.67. The number of nitrogens with zero attached hydrogens (tertiary/aromatic N) is 1. The second-order valence-corrected chi connectivity index (χ2v) is 3.18. The summed E-state index contributed by atoms with van der Waals surface area (Å²) in [4.78, 5) is 2.02. The van der Waals surface area contributed by atoms with Crippen LogP contribution in [0.25, 0.3) is 0 Å². The maximum absolute atomic E-state index is 8.46. The van der Waals surface area contributed by atoms with Crippen LogP contribution in [0.5, 0.6) is 0 Å². The smallest absolute Gasteiger partial charge is 0.402 e. The predicted molar refractivity (Wildman–Crippen MR) is 47.7 cm³/mol. The number of likely N-dealkylation sites (tertiary alicyclic amines) is 1. The molecule has 13 heavy (non-hydrogen) atoms. The van der Waals surface area contributed by atoms with Gasteiger partial charge in [0.05, 0.1) is 12.8 Å². The van der Waals surface area contributed by atoms with Crippen molar-refractivity contribution < 1.29 is 19.4 Å². The largest absolute Gasteiger partial charge is 0.634 e. The standard InChI is InChI=1S/C7H16BNO4/c1-12-7-2-4-9(5-3-7)6-13-8(10)11/h7,10-11H,2-6H2,1H3. The quantitative estimate of drug-likeness (QED) is 0.557. The molecule has 1 rings (SSSR count). The molecule has 0 saturated carbocycles. The van der Waals surface area contributed by atoms with Crippen LogP contribution < -0.4 is 0 Å². The number of methoxy groups -OCH3 is 1. The van der Waals surface area contributed by atoms with Gasteiger partial charge in [0.25, 0.3) is 0 Å². The van der Waals surface area contributed by atoms with E-state index < -0.39 is 7.32 Å². The maximum Gasteiger partial charge on any atom is 0.634 e. The van der Waals surface area contributed by atoms with Crippen LogP contribution in [0.15, 0.2) is 0 Å². The van der Waals surface area contributed by atoms with Gasteiger partial charge in [-0.05, 0) is 12.8 Å². The van der Waals surface area contributed by atoms with Gasteiger partial charge in [-0.15, -0.1) is 0 Å². The molecule has 1 aliphatic heterocycles. The summed E-state index contributed by atoms with van der Waals surface area (Å²) in [5, 5.41) is 16.9. The van der Waals surface area contributed by atoms with Crippen molar-refractivity contribution in [2.24, 2.45) is 0 Å². The highest BCUT2D eigenvalue weighted by Gasteiger charge is 2.19.